The van der Waals surface area contributed by atoms with E-state index in [-0.39, 0.29) is 23.7 Å². The molecule has 104 valence electrons. The molecule has 0 aromatic heterocycles. The molecular formula is C15H21FN2O. The Hall–Kier alpha value is -1.42. The van der Waals surface area contributed by atoms with Crippen LogP contribution in [0.15, 0.2) is 24.3 Å². The number of carbonyl (C=O) groups excluding carboxylic acids is 1. The highest BCUT2D eigenvalue weighted by molar-refractivity contribution is 5.79. The minimum Gasteiger partial charge on any atom is -0.337 e. The van der Waals surface area contributed by atoms with Crippen molar-refractivity contribution >= 4 is 5.91 Å². The lowest BCUT2D eigenvalue weighted by Crippen LogP contribution is -2.53. The molecule has 3 nitrogen and oxygen atoms in total. The SMILES string of the molecule is CC(Cc1ccccc1F)C(=O)N1CCNC[C@H]1C. The second-order valence-electron chi connectivity index (χ2n) is 5.28. The van der Waals surface area contributed by atoms with E-state index < -0.39 is 0 Å². The van der Waals surface area contributed by atoms with Gasteiger partial charge in [0.15, 0.2) is 0 Å². The molecule has 1 N–H and O–H groups in total. The van der Waals surface area contributed by atoms with Crippen molar-refractivity contribution in [1.29, 1.82) is 0 Å². The Kier molecular flexibility index (Phi) is 4.53. The molecule has 0 radical (unpaired) electrons. The fraction of sp³-hybridized carbons (Fsp3) is 0.533. The van der Waals surface area contributed by atoms with Crippen molar-refractivity contribution in [2.45, 2.75) is 26.3 Å². The number of nitrogens with one attached hydrogen (secondary N) is 1. The average Bonchev–Trinajstić information content (AvgIpc) is 2.41. The van der Waals surface area contributed by atoms with Crippen LogP contribution >= 0.6 is 0 Å². The second-order valence-corrected chi connectivity index (χ2v) is 5.28. The first kappa shape index (κ1) is 14.0. The zero-order valence-corrected chi connectivity index (χ0v) is 11.5. The molecule has 19 heavy (non-hydrogen) atoms. The summed E-state index contributed by atoms with van der Waals surface area (Å²) in [4.78, 5) is 14.3. The predicted molar refractivity (Wildman–Crippen MR) is 73.3 cm³/mol. The lowest BCUT2D eigenvalue weighted by atomic mass is 9.98. The van der Waals surface area contributed by atoms with E-state index in [0.717, 1.165) is 19.6 Å². The molecule has 0 saturated carbocycles. The van der Waals surface area contributed by atoms with Gasteiger partial charge in [0.1, 0.15) is 5.82 Å². The maximum atomic E-state index is 13.6. The fourth-order valence-electron chi connectivity index (χ4n) is 2.53. The molecule has 0 aliphatic carbocycles. The summed E-state index contributed by atoms with van der Waals surface area (Å²) in [5.74, 6) is -0.287. The fourth-order valence-corrected chi connectivity index (χ4v) is 2.53. The van der Waals surface area contributed by atoms with Crippen molar-refractivity contribution in [1.82, 2.24) is 10.2 Å². The molecule has 1 saturated heterocycles. The summed E-state index contributed by atoms with van der Waals surface area (Å²) >= 11 is 0. The second kappa shape index (κ2) is 6.15. The van der Waals surface area contributed by atoms with E-state index >= 15 is 0 Å². The molecule has 4 heteroatoms. The predicted octanol–water partition coefficient (Wildman–Crippen LogP) is 1.82. The lowest BCUT2D eigenvalue weighted by Gasteiger charge is -2.35. The molecule has 1 amide bonds. The van der Waals surface area contributed by atoms with Gasteiger partial charge in [-0.25, -0.2) is 4.39 Å². The number of nitrogens with zero attached hydrogens (tertiary/aromatic N) is 1. The summed E-state index contributed by atoms with van der Waals surface area (Å²) in [5.41, 5.74) is 0.617. The van der Waals surface area contributed by atoms with E-state index in [4.69, 9.17) is 0 Å². The maximum Gasteiger partial charge on any atom is 0.226 e. The molecule has 1 fully saturated rings. The normalized spacial score (nSPS) is 21.2. The van der Waals surface area contributed by atoms with Crippen LogP contribution < -0.4 is 5.32 Å². The Morgan fingerprint density at radius 1 is 1.53 bits per heavy atom. The van der Waals surface area contributed by atoms with Gasteiger partial charge in [0.25, 0.3) is 0 Å². The van der Waals surface area contributed by atoms with Crippen molar-refractivity contribution in [2.24, 2.45) is 5.92 Å². The van der Waals surface area contributed by atoms with E-state index in [0.29, 0.717) is 12.0 Å². The smallest absolute Gasteiger partial charge is 0.226 e. The third-order valence-electron chi connectivity index (χ3n) is 3.69. The molecule has 2 atom stereocenters. The quantitative estimate of drug-likeness (QED) is 0.903. The Balaban J connectivity index is 2.01. The van der Waals surface area contributed by atoms with Crippen LogP contribution in [0.1, 0.15) is 19.4 Å². The Bertz CT molecular complexity index is 450. The summed E-state index contributed by atoms with van der Waals surface area (Å²) in [6.45, 7) is 6.33. The molecule has 1 aromatic carbocycles. The van der Waals surface area contributed by atoms with Gasteiger partial charge in [0.2, 0.25) is 5.91 Å². The van der Waals surface area contributed by atoms with E-state index in [2.05, 4.69) is 5.32 Å². The van der Waals surface area contributed by atoms with Gasteiger partial charge >= 0.3 is 0 Å². The Labute approximate surface area is 113 Å². The Morgan fingerprint density at radius 2 is 2.26 bits per heavy atom. The Morgan fingerprint density at radius 3 is 2.95 bits per heavy atom. The van der Waals surface area contributed by atoms with Crippen LogP contribution in [0.2, 0.25) is 0 Å². The molecule has 1 aliphatic heterocycles. The number of hydrogen-bond acceptors (Lipinski definition) is 2. The van der Waals surface area contributed by atoms with Gasteiger partial charge in [-0.2, -0.15) is 0 Å². The van der Waals surface area contributed by atoms with E-state index in [1.807, 2.05) is 24.8 Å². The van der Waals surface area contributed by atoms with Gasteiger partial charge in [-0.05, 0) is 25.0 Å². The number of piperazine rings is 1. The van der Waals surface area contributed by atoms with Crippen molar-refractivity contribution < 1.29 is 9.18 Å². The van der Waals surface area contributed by atoms with Crippen molar-refractivity contribution in [3.63, 3.8) is 0 Å². The van der Waals surface area contributed by atoms with Gasteiger partial charge in [0, 0.05) is 31.6 Å². The first-order chi connectivity index (χ1) is 9.09. The zero-order chi connectivity index (χ0) is 13.8. The molecule has 1 heterocycles. The van der Waals surface area contributed by atoms with Gasteiger partial charge in [-0.1, -0.05) is 25.1 Å². The van der Waals surface area contributed by atoms with Gasteiger partial charge in [-0.15, -0.1) is 0 Å². The number of benzene rings is 1. The van der Waals surface area contributed by atoms with Crippen LogP contribution in [-0.2, 0) is 11.2 Å². The minimum atomic E-state index is -0.226. The third kappa shape index (κ3) is 3.32. The summed E-state index contributed by atoms with van der Waals surface area (Å²) in [6.07, 6.45) is 0.460. The highest BCUT2D eigenvalue weighted by Crippen LogP contribution is 2.16. The lowest BCUT2D eigenvalue weighted by molar-refractivity contribution is -0.137. The minimum absolute atomic E-state index is 0.122. The number of halogens is 1. The van der Waals surface area contributed by atoms with Crippen LogP contribution in [0.3, 0.4) is 0 Å². The van der Waals surface area contributed by atoms with Gasteiger partial charge in [-0.3, -0.25) is 4.79 Å². The number of amides is 1. The largest absolute Gasteiger partial charge is 0.337 e. The molecule has 1 aromatic rings. The molecule has 1 aliphatic rings. The van der Waals surface area contributed by atoms with Crippen LogP contribution in [0.25, 0.3) is 0 Å². The molecule has 1 unspecified atom stereocenters. The molecule has 0 spiro atoms. The monoisotopic (exact) mass is 264 g/mol. The zero-order valence-electron chi connectivity index (χ0n) is 11.5. The van der Waals surface area contributed by atoms with Gasteiger partial charge < -0.3 is 10.2 Å². The van der Waals surface area contributed by atoms with E-state index in [1.165, 1.54) is 6.07 Å². The number of rotatable bonds is 3. The number of carbonyl (C=O) groups is 1. The van der Waals surface area contributed by atoms with E-state index in [9.17, 15) is 9.18 Å². The highest BCUT2D eigenvalue weighted by Gasteiger charge is 2.27. The van der Waals surface area contributed by atoms with E-state index in [1.54, 1.807) is 12.1 Å². The average molecular weight is 264 g/mol. The summed E-state index contributed by atoms with van der Waals surface area (Å²) in [5, 5.41) is 3.26. The summed E-state index contributed by atoms with van der Waals surface area (Å²) in [7, 11) is 0. The number of hydrogen-bond donors (Lipinski definition) is 1. The van der Waals surface area contributed by atoms with Gasteiger partial charge in [0.05, 0.1) is 0 Å². The highest BCUT2D eigenvalue weighted by atomic mass is 19.1. The van der Waals surface area contributed by atoms with Crippen LogP contribution in [-0.4, -0.2) is 36.5 Å². The third-order valence-corrected chi connectivity index (χ3v) is 3.69. The first-order valence-corrected chi connectivity index (χ1v) is 6.84. The van der Waals surface area contributed by atoms with Crippen molar-refractivity contribution in [3.8, 4) is 0 Å². The first-order valence-electron chi connectivity index (χ1n) is 6.84. The van der Waals surface area contributed by atoms with Crippen LogP contribution in [0.4, 0.5) is 4.39 Å². The summed E-state index contributed by atoms with van der Waals surface area (Å²) < 4.78 is 13.6. The van der Waals surface area contributed by atoms with Crippen LogP contribution in [0.5, 0.6) is 0 Å². The molecular weight excluding hydrogens is 243 g/mol. The molecule has 2 rings (SSSR count). The van der Waals surface area contributed by atoms with Crippen molar-refractivity contribution in [2.75, 3.05) is 19.6 Å². The van der Waals surface area contributed by atoms with Crippen molar-refractivity contribution in [3.05, 3.63) is 35.6 Å². The maximum absolute atomic E-state index is 13.6. The molecule has 0 bridgehead atoms. The van der Waals surface area contributed by atoms with Crippen LogP contribution in [0, 0.1) is 11.7 Å². The topological polar surface area (TPSA) is 32.3 Å². The standard InChI is InChI=1S/C15H21FN2O/c1-11(9-13-5-3-4-6-14(13)16)15(19)18-8-7-17-10-12(18)2/h3-6,11-12,17H,7-10H2,1-2H3/t11?,12-/m1/s1. The summed E-state index contributed by atoms with van der Waals surface area (Å²) in [6, 6.07) is 6.89.